The van der Waals surface area contributed by atoms with Crippen molar-refractivity contribution in [1.82, 2.24) is 4.90 Å². The van der Waals surface area contributed by atoms with E-state index in [9.17, 15) is 31.9 Å². The van der Waals surface area contributed by atoms with Crippen molar-refractivity contribution in [3.05, 3.63) is 77.3 Å². The molecule has 3 amide bonds. The number of benzene rings is 3. The topological polar surface area (TPSA) is 142 Å². The third-order valence-electron chi connectivity index (χ3n) is 5.72. The van der Waals surface area contributed by atoms with Gasteiger partial charge in [-0.1, -0.05) is 17.7 Å². The summed E-state index contributed by atoms with van der Waals surface area (Å²) in [6.45, 7) is -0.116. The van der Waals surface area contributed by atoms with Crippen molar-refractivity contribution >= 4 is 44.9 Å². The summed E-state index contributed by atoms with van der Waals surface area (Å²) in [6.07, 6.45) is -1.04. The van der Waals surface area contributed by atoms with Gasteiger partial charge in [0.25, 0.3) is 0 Å². The first kappa shape index (κ1) is 26.5. The van der Waals surface area contributed by atoms with Gasteiger partial charge in [-0.2, -0.15) is 0 Å². The molecule has 0 radical (unpaired) electrons. The van der Waals surface area contributed by atoms with E-state index in [4.69, 9.17) is 16.7 Å². The number of β-amino-alcohol motifs (C(OH)–C–C–N with tert-alkyl or cyclic N) is 1. The van der Waals surface area contributed by atoms with Gasteiger partial charge in [0.1, 0.15) is 17.7 Å². The third kappa shape index (κ3) is 6.05. The molecule has 1 saturated heterocycles. The Balaban J connectivity index is 1.53. The smallest absolute Gasteiger partial charge is 0.322 e. The van der Waals surface area contributed by atoms with Gasteiger partial charge in [-0.25, -0.2) is 27.1 Å². The number of halogens is 3. The molecule has 2 unspecified atom stereocenters. The molecule has 194 valence electrons. The molecule has 0 bridgehead atoms. The number of urea groups is 1. The van der Waals surface area contributed by atoms with Gasteiger partial charge >= 0.3 is 6.03 Å². The first-order valence-corrected chi connectivity index (χ1v) is 12.8. The highest BCUT2D eigenvalue weighted by atomic mass is 35.5. The summed E-state index contributed by atoms with van der Waals surface area (Å²) in [5.41, 5.74) is 0.0251. The fourth-order valence-corrected chi connectivity index (χ4v) is 4.86. The summed E-state index contributed by atoms with van der Waals surface area (Å²) in [5, 5.41) is 20.7. The first-order valence-electron chi connectivity index (χ1n) is 10.9. The minimum absolute atomic E-state index is 0.0132. The quantitative estimate of drug-likeness (QED) is 0.384. The molecular formula is C24H21ClF2N4O5S. The highest BCUT2D eigenvalue weighted by Crippen LogP contribution is 2.31. The largest absolute Gasteiger partial charge is 0.391 e. The number of amides is 3. The van der Waals surface area contributed by atoms with E-state index in [-0.39, 0.29) is 29.8 Å². The van der Waals surface area contributed by atoms with Gasteiger partial charge in [-0.05, 0) is 60.2 Å². The van der Waals surface area contributed by atoms with Gasteiger partial charge in [0, 0.05) is 29.2 Å². The number of carbonyl (C=O) groups excluding carboxylic acids is 2. The minimum Gasteiger partial charge on any atom is -0.391 e. The fraction of sp³-hybridized carbons (Fsp3) is 0.167. The summed E-state index contributed by atoms with van der Waals surface area (Å²) in [7, 11) is -4.23. The molecule has 37 heavy (non-hydrogen) atoms. The van der Waals surface area contributed by atoms with Gasteiger partial charge in [-0.15, -0.1) is 0 Å². The van der Waals surface area contributed by atoms with Crippen molar-refractivity contribution < 1.29 is 31.9 Å². The number of nitrogens with two attached hydrogens (primary N) is 1. The van der Waals surface area contributed by atoms with Crippen LogP contribution in [0.2, 0.25) is 5.02 Å². The summed E-state index contributed by atoms with van der Waals surface area (Å²) >= 11 is 5.84. The monoisotopic (exact) mass is 550 g/mol. The molecule has 1 fully saturated rings. The zero-order valence-electron chi connectivity index (χ0n) is 19.0. The molecule has 5 N–H and O–H groups in total. The number of aliphatic hydroxyl groups is 1. The van der Waals surface area contributed by atoms with E-state index in [1.165, 1.54) is 12.1 Å². The van der Waals surface area contributed by atoms with Crippen LogP contribution in [0.15, 0.2) is 65.6 Å². The second-order valence-corrected chi connectivity index (χ2v) is 10.3. The predicted octanol–water partition coefficient (Wildman–Crippen LogP) is 3.54. The van der Waals surface area contributed by atoms with Crippen LogP contribution < -0.4 is 15.8 Å². The van der Waals surface area contributed by atoms with E-state index in [1.54, 1.807) is 24.3 Å². The Morgan fingerprint density at radius 3 is 2.38 bits per heavy atom. The number of carbonyl (C=O) groups is 2. The summed E-state index contributed by atoms with van der Waals surface area (Å²) in [6, 6.07) is 10.7. The lowest BCUT2D eigenvalue weighted by Gasteiger charge is -2.24. The predicted molar refractivity (Wildman–Crippen MR) is 133 cm³/mol. The van der Waals surface area contributed by atoms with Crippen LogP contribution in [-0.2, 0) is 14.8 Å². The van der Waals surface area contributed by atoms with E-state index in [2.05, 4.69) is 10.6 Å². The number of hydrogen-bond acceptors (Lipinski definition) is 5. The fourth-order valence-electron chi connectivity index (χ4n) is 3.99. The van der Waals surface area contributed by atoms with E-state index in [0.29, 0.717) is 10.7 Å². The lowest BCUT2D eigenvalue weighted by molar-refractivity contribution is -0.119. The van der Waals surface area contributed by atoms with E-state index in [1.807, 2.05) is 0 Å². The van der Waals surface area contributed by atoms with Gasteiger partial charge < -0.3 is 20.6 Å². The number of rotatable bonds is 5. The van der Waals surface area contributed by atoms with Crippen LogP contribution >= 0.6 is 11.6 Å². The first-order chi connectivity index (χ1) is 17.4. The number of nitrogens with one attached hydrogen (secondary N) is 2. The molecule has 1 heterocycles. The third-order valence-corrected chi connectivity index (χ3v) is 6.95. The molecule has 4 rings (SSSR count). The highest BCUT2D eigenvalue weighted by molar-refractivity contribution is 7.89. The molecule has 1 aliphatic heterocycles. The second-order valence-electron chi connectivity index (χ2n) is 8.36. The zero-order chi connectivity index (χ0) is 26.9. The molecule has 0 spiro atoms. The maximum atomic E-state index is 14.9. The molecule has 0 aliphatic carbocycles. The number of aliphatic hydroxyl groups excluding tert-OH is 1. The molecule has 13 heteroatoms. The average Bonchev–Trinajstić information content (AvgIpc) is 3.23. The lowest BCUT2D eigenvalue weighted by Crippen LogP contribution is -2.45. The standard InChI is InChI=1S/C24H21ClF2N4O5S/c25-14-2-5-16(6-3-14)29-24(34)31-12-17(32)11-21(31)23(33)30-20-7-1-13(9-19(20)27)18-10-15(26)4-8-22(18)37(28,35)36/h1-10,17,21,32H,11-12H2,(H,29,34)(H,30,33)(H2,28,35,36). The Bertz CT molecular complexity index is 1470. The highest BCUT2D eigenvalue weighted by Gasteiger charge is 2.39. The summed E-state index contributed by atoms with van der Waals surface area (Å²) < 4.78 is 52.4. The minimum atomic E-state index is -4.23. The molecule has 2 atom stereocenters. The van der Waals surface area contributed by atoms with Gasteiger partial charge in [0.2, 0.25) is 15.9 Å². The normalized spacial score (nSPS) is 17.5. The van der Waals surface area contributed by atoms with Crippen LogP contribution in [0.1, 0.15) is 6.42 Å². The lowest BCUT2D eigenvalue weighted by atomic mass is 10.0. The molecule has 0 aromatic heterocycles. The van der Waals surface area contributed by atoms with Crippen LogP contribution in [-0.4, -0.2) is 49.1 Å². The van der Waals surface area contributed by atoms with Gasteiger partial charge in [0.15, 0.2) is 0 Å². The van der Waals surface area contributed by atoms with Crippen molar-refractivity contribution in [3.63, 3.8) is 0 Å². The Morgan fingerprint density at radius 2 is 1.73 bits per heavy atom. The van der Waals surface area contributed by atoms with Crippen molar-refractivity contribution in [1.29, 1.82) is 0 Å². The van der Waals surface area contributed by atoms with Gasteiger partial charge in [0.05, 0.1) is 16.7 Å². The average molecular weight is 551 g/mol. The molecule has 3 aromatic rings. The SMILES string of the molecule is NS(=O)(=O)c1ccc(F)cc1-c1ccc(NC(=O)C2CC(O)CN2C(=O)Nc2ccc(Cl)cc2)c(F)c1. The Hall–Kier alpha value is -3.58. The van der Waals surface area contributed by atoms with Crippen LogP contribution in [0.5, 0.6) is 0 Å². The molecule has 0 saturated carbocycles. The van der Waals surface area contributed by atoms with Crippen molar-refractivity contribution in [3.8, 4) is 11.1 Å². The number of sulfonamides is 1. The molecular weight excluding hydrogens is 530 g/mol. The number of primary sulfonamides is 1. The summed E-state index contributed by atoms with van der Waals surface area (Å²) in [4.78, 5) is 26.4. The number of likely N-dealkylation sites (tertiary alicyclic amines) is 1. The van der Waals surface area contributed by atoms with Crippen LogP contribution in [0, 0.1) is 11.6 Å². The van der Waals surface area contributed by atoms with Crippen molar-refractivity contribution in [2.45, 2.75) is 23.5 Å². The Kier molecular flexibility index (Phi) is 7.46. The van der Waals surface area contributed by atoms with E-state index in [0.717, 1.165) is 29.2 Å². The molecule has 3 aromatic carbocycles. The van der Waals surface area contributed by atoms with Crippen molar-refractivity contribution in [2.24, 2.45) is 5.14 Å². The zero-order valence-corrected chi connectivity index (χ0v) is 20.6. The maximum Gasteiger partial charge on any atom is 0.322 e. The van der Waals surface area contributed by atoms with Crippen LogP contribution in [0.25, 0.3) is 11.1 Å². The Morgan fingerprint density at radius 1 is 1.03 bits per heavy atom. The van der Waals surface area contributed by atoms with E-state index < -0.39 is 50.6 Å². The van der Waals surface area contributed by atoms with Crippen molar-refractivity contribution in [2.75, 3.05) is 17.2 Å². The molecule has 9 nitrogen and oxygen atoms in total. The van der Waals surface area contributed by atoms with Crippen LogP contribution in [0.3, 0.4) is 0 Å². The summed E-state index contributed by atoms with van der Waals surface area (Å²) in [5.74, 6) is -2.44. The second kappa shape index (κ2) is 10.4. The van der Waals surface area contributed by atoms with E-state index >= 15 is 0 Å². The van der Waals surface area contributed by atoms with Crippen LogP contribution in [0.4, 0.5) is 25.0 Å². The maximum absolute atomic E-state index is 14.9. The Labute approximate surface area is 215 Å². The number of hydrogen-bond donors (Lipinski definition) is 4. The number of anilines is 2. The number of nitrogens with zero attached hydrogens (tertiary/aromatic N) is 1. The van der Waals surface area contributed by atoms with Gasteiger partial charge in [-0.3, -0.25) is 4.79 Å². The molecule has 1 aliphatic rings.